The van der Waals surface area contributed by atoms with E-state index in [1.54, 1.807) is 0 Å². The number of ether oxygens (including phenoxy) is 1. The second-order valence-corrected chi connectivity index (χ2v) is 9.53. The Labute approximate surface area is 189 Å². The molecule has 0 saturated heterocycles. The molecule has 3 heterocycles. The van der Waals surface area contributed by atoms with Crippen LogP contribution in [0.4, 0.5) is 4.79 Å². The van der Waals surface area contributed by atoms with Crippen LogP contribution in [0.2, 0.25) is 0 Å². The summed E-state index contributed by atoms with van der Waals surface area (Å²) in [6.45, 7) is 12.3. The Kier molecular flexibility index (Phi) is 6.24. The quantitative estimate of drug-likeness (QED) is 0.763. The van der Waals surface area contributed by atoms with Crippen LogP contribution in [0.3, 0.4) is 0 Å². The second kappa shape index (κ2) is 8.94. The number of alkyl carbamates (subject to hydrolysis) is 1. The van der Waals surface area contributed by atoms with Crippen molar-refractivity contribution in [1.29, 1.82) is 0 Å². The van der Waals surface area contributed by atoms with Crippen molar-refractivity contribution < 1.29 is 14.3 Å². The third-order valence-electron chi connectivity index (χ3n) is 5.97. The lowest BCUT2D eigenvalue weighted by molar-refractivity contribution is -0.125. The zero-order valence-corrected chi connectivity index (χ0v) is 19.5. The van der Waals surface area contributed by atoms with Gasteiger partial charge in [-0.25, -0.2) is 4.79 Å². The highest BCUT2D eigenvalue weighted by Gasteiger charge is 2.41. The van der Waals surface area contributed by atoms with Gasteiger partial charge < -0.3 is 15.0 Å². The van der Waals surface area contributed by atoms with Crippen molar-refractivity contribution in [3.8, 4) is 0 Å². The van der Waals surface area contributed by atoms with Gasteiger partial charge in [0.2, 0.25) is 5.96 Å². The van der Waals surface area contributed by atoms with Gasteiger partial charge >= 0.3 is 6.09 Å². The van der Waals surface area contributed by atoms with Crippen molar-refractivity contribution in [3.63, 3.8) is 0 Å². The fraction of sp³-hybridized carbons (Fsp3) is 0.542. The molecule has 0 radical (unpaired) electrons. The summed E-state index contributed by atoms with van der Waals surface area (Å²) in [6.07, 6.45) is 0.399. The molecule has 3 aliphatic rings. The van der Waals surface area contributed by atoms with Crippen LogP contribution in [0.5, 0.6) is 0 Å². The molecule has 2 amide bonds. The zero-order chi connectivity index (χ0) is 22.9. The minimum absolute atomic E-state index is 0.0463. The summed E-state index contributed by atoms with van der Waals surface area (Å²) in [5, 5.41) is 2.81. The van der Waals surface area contributed by atoms with E-state index in [4.69, 9.17) is 4.74 Å². The lowest BCUT2D eigenvalue weighted by atomic mass is 10.00. The van der Waals surface area contributed by atoms with E-state index in [-0.39, 0.29) is 5.91 Å². The van der Waals surface area contributed by atoms with Gasteiger partial charge in [0.25, 0.3) is 5.91 Å². The fourth-order valence-corrected chi connectivity index (χ4v) is 4.40. The largest absolute Gasteiger partial charge is 0.444 e. The highest BCUT2D eigenvalue weighted by molar-refractivity contribution is 6.09. The van der Waals surface area contributed by atoms with E-state index < -0.39 is 11.7 Å². The fourth-order valence-electron chi connectivity index (χ4n) is 4.40. The van der Waals surface area contributed by atoms with E-state index >= 15 is 0 Å². The van der Waals surface area contributed by atoms with E-state index in [9.17, 15) is 9.59 Å². The molecule has 0 fully saturated rings. The Morgan fingerprint density at radius 2 is 2.00 bits per heavy atom. The number of carbonyl (C=O) groups excluding carboxylic acids is 2. The van der Waals surface area contributed by atoms with Gasteiger partial charge in [0.15, 0.2) is 0 Å². The van der Waals surface area contributed by atoms with Gasteiger partial charge in [0.05, 0.1) is 18.7 Å². The maximum absolute atomic E-state index is 13.5. The molecule has 0 bridgehead atoms. The van der Waals surface area contributed by atoms with Gasteiger partial charge in [-0.05, 0) is 38.8 Å². The first-order valence-electron chi connectivity index (χ1n) is 11.3. The molecule has 32 heavy (non-hydrogen) atoms. The minimum atomic E-state index is -0.515. The molecule has 3 aliphatic heterocycles. The molecule has 172 valence electrons. The van der Waals surface area contributed by atoms with Crippen LogP contribution in [0.1, 0.15) is 38.3 Å². The number of aryl methyl sites for hydroxylation is 1. The van der Waals surface area contributed by atoms with Crippen LogP contribution in [0.15, 0.2) is 40.5 Å². The molecule has 0 spiro atoms. The Morgan fingerprint density at radius 1 is 1.22 bits per heavy atom. The monoisotopic (exact) mass is 439 g/mol. The molecule has 8 nitrogen and oxygen atoms in total. The predicted molar refractivity (Wildman–Crippen MR) is 123 cm³/mol. The average molecular weight is 440 g/mol. The van der Waals surface area contributed by atoms with Crippen LogP contribution in [0.25, 0.3) is 0 Å². The summed E-state index contributed by atoms with van der Waals surface area (Å²) in [4.78, 5) is 36.4. The Hall–Kier alpha value is -2.87. The molecule has 0 unspecified atom stereocenters. The molecular formula is C24H33N5O3. The number of amides is 2. The summed E-state index contributed by atoms with van der Waals surface area (Å²) in [5.41, 5.74) is 3.75. The van der Waals surface area contributed by atoms with Crippen molar-refractivity contribution in [1.82, 2.24) is 20.0 Å². The SMILES string of the molecule is Cc1ccccc1CN1C(=O)C2=C(CCN(CCNC(=O)OC(C)(C)C)C2)N2CCN=C12. The van der Waals surface area contributed by atoms with E-state index in [0.29, 0.717) is 32.7 Å². The summed E-state index contributed by atoms with van der Waals surface area (Å²) in [6, 6.07) is 8.17. The van der Waals surface area contributed by atoms with Crippen LogP contribution in [-0.4, -0.2) is 77.5 Å². The van der Waals surface area contributed by atoms with Crippen molar-refractivity contribution >= 4 is 18.0 Å². The molecule has 0 saturated carbocycles. The topological polar surface area (TPSA) is 77.5 Å². The van der Waals surface area contributed by atoms with Gasteiger partial charge in [0, 0.05) is 44.8 Å². The third-order valence-corrected chi connectivity index (χ3v) is 5.97. The average Bonchev–Trinajstić information content (AvgIpc) is 3.21. The molecule has 1 aromatic carbocycles. The lowest BCUT2D eigenvalue weighted by Crippen LogP contribution is -2.54. The highest BCUT2D eigenvalue weighted by Crippen LogP contribution is 2.31. The van der Waals surface area contributed by atoms with Gasteiger partial charge in [-0.1, -0.05) is 24.3 Å². The number of aliphatic imine (C=N–C) groups is 1. The number of benzene rings is 1. The van der Waals surface area contributed by atoms with Gasteiger partial charge in [-0.2, -0.15) is 0 Å². The number of carbonyl (C=O) groups is 2. The van der Waals surface area contributed by atoms with E-state index in [1.165, 1.54) is 5.56 Å². The number of nitrogens with one attached hydrogen (secondary N) is 1. The highest BCUT2D eigenvalue weighted by atomic mass is 16.6. The molecule has 4 rings (SSSR count). The first-order valence-corrected chi connectivity index (χ1v) is 11.3. The van der Waals surface area contributed by atoms with Gasteiger partial charge in [-0.3, -0.25) is 19.6 Å². The summed E-state index contributed by atoms with van der Waals surface area (Å²) < 4.78 is 5.30. The summed E-state index contributed by atoms with van der Waals surface area (Å²) in [5.74, 6) is 0.835. The van der Waals surface area contributed by atoms with Gasteiger partial charge in [0.1, 0.15) is 5.60 Å². The van der Waals surface area contributed by atoms with Crippen LogP contribution >= 0.6 is 0 Å². The normalized spacial score (nSPS) is 19.0. The molecule has 0 aromatic heterocycles. The summed E-state index contributed by atoms with van der Waals surface area (Å²) >= 11 is 0. The number of hydrogen-bond donors (Lipinski definition) is 1. The first-order chi connectivity index (χ1) is 15.2. The standard InChI is InChI=1S/C24H33N5O3/c1-17-7-5-6-8-18(17)15-29-21(30)19-16-27(13-10-26-23(31)32-24(2,3)4)12-9-20(19)28-14-11-25-22(28)29/h5-8H,9-16H2,1-4H3,(H,26,31). The Balaban J connectivity index is 1.43. The predicted octanol–water partition coefficient (Wildman–Crippen LogP) is 2.49. The van der Waals surface area contributed by atoms with E-state index in [2.05, 4.69) is 39.2 Å². The maximum Gasteiger partial charge on any atom is 0.407 e. The smallest absolute Gasteiger partial charge is 0.407 e. The molecular weight excluding hydrogens is 406 g/mol. The van der Waals surface area contributed by atoms with Gasteiger partial charge in [-0.15, -0.1) is 0 Å². The molecule has 8 heteroatoms. The van der Waals surface area contributed by atoms with Crippen molar-refractivity contribution in [2.24, 2.45) is 4.99 Å². The number of guanidine groups is 1. The van der Waals surface area contributed by atoms with E-state index in [0.717, 1.165) is 42.3 Å². The minimum Gasteiger partial charge on any atom is -0.444 e. The van der Waals surface area contributed by atoms with Crippen LogP contribution < -0.4 is 5.32 Å². The number of rotatable bonds is 5. The lowest BCUT2D eigenvalue weighted by Gasteiger charge is -2.42. The third kappa shape index (κ3) is 4.80. The van der Waals surface area contributed by atoms with Crippen molar-refractivity contribution in [2.75, 3.05) is 39.3 Å². The number of fused-ring (bicyclic) bond motifs is 2. The van der Waals surface area contributed by atoms with Crippen molar-refractivity contribution in [2.45, 2.75) is 46.3 Å². The molecule has 1 N–H and O–H groups in total. The van der Waals surface area contributed by atoms with Crippen LogP contribution in [0, 0.1) is 6.92 Å². The van der Waals surface area contributed by atoms with Crippen molar-refractivity contribution in [3.05, 3.63) is 46.7 Å². The Bertz CT molecular complexity index is 963. The molecule has 0 aliphatic carbocycles. The zero-order valence-electron chi connectivity index (χ0n) is 19.5. The number of hydrogen-bond acceptors (Lipinski definition) is 6. The molecule has 0 atom stereocenters. The molecule has 1 aromatic rings. The number of nitrogens with zero attached hydrogens (tertiary/aromatic N) is 4. The van der Waals surface area contributed by atoms with Crippen LogP contribution in [-0.2, 0) is 16.1 Å². The first kappa shape index (κ1) is 22.3. The Morgan fingerprint density at radius 3 is 2.75 bits per heavy atom. The maximum atomic E-state index is 13.5. The second-order valence-electron chi connectivity index (χ2n) is 9.53. The van der Waals surface area contributed by atoms with E-state index in [1.807, 2.05) is 37.8 Å². The summed E-state index contributed by atoms with van der Waals surface area (Å²) in [7, 11) is 0.